The summed E-state index contributed by atoms with van der Waals surface area (Å²) in [5.41, 5.74) is 0.887. The van der Waals surface area contributed by atoms with Crippen molar-refractivity contribution in [3.05, 3.63) is 23.8 Å². The standard InChI is InChI=1S/C9H11ClO2/c1-2-12-9-4-3-7(6-10)5-8(9)11/h3-5,11H,2,6H2,1H3. The van der Waals surface area contributed by atoms with E-state index in [2.05, 4.69) is 0 Å². The number of benzene rings is 1. The summed E-state index contributed by atoms with van der Waals surface area (Å²) in [6.45, 7) is 2.42. The first-order valence-electron chi connectivity index (χ1n) is 3.78. The highest BCUT2D eigenvalue weighted by Crippen LogP contribution is 2.27. The van der Waals surface area contributed by atoms with E-state index in [9.17, 15) is 5.11 Å². The lowest BCUT2D eigenvalue weighted by Crippen LogP contribution is -1.91. The molecular formula is C9H11ClO2. The predicted octanol–water partition coefficient (Wildman–Crippen LogP) is 2.53. The molecule has 0 radical (unpaired) electrons. The van der Waals surface area contributed by atoms with Crippen LogP contribution >= 0.6 is 11.6 Å². The second-order valence-corrected chi connectivity index (χ2v) is 2.64. The molecule has 0 heterocycles. The normalized spacial score (nSPS) is 9.83. The first kappa shape index (κ1) is 9.20. The molecule has 0 spiro atoms. The van der Waals surface area contributed by atoms with Crippen molar-refractivity contribution in [1.82, 2.24) is 0 Å². The van der Waals surface area contributed by atoms with Crippen LogP contribution in [0.15, 0.2) is 18.2 Å². The number of hydrogen-bond acceptors (Lipinski definition) is 2. The first-order chi connectivity index (χ1) is 5.77. The molecule has 1 aromatic rings. The van der Waals surface area contributed by atoms with Crippen LogP contribution in [0.5, 0.6) is 11.5 Å². The Morgan fingerprint density at radius 1 is 1.50 bits per heavy atom. The molecule has 0 unspecified atom stereocenters. The molecule has 0 fully saturated rings. The van der Waals surface area contributed by atoms with E-state index < -0.39 is 0 Å². The summed E-state index contributed by atoms with van der Waals surface area (Å²) in [4.78, 5) is 0. The van der Waals surface area contributed by atoms with Crippen LogP contribution in [0.3, 0.4) is 0 Å². The molecule has 0 amide bonds. The second-order valence-electron chi connectivity index (χ2n) is 2.37. The van der Waals surface area contributed by atoms with Gasteiger partial charge in [0.05, 0.1) is 6.61 Å². The molecule has 1 aromatic carbocycles. The van der Waals surface area contributed by atoms with Crippen LogP contribution in [0.1, 0.15) is 12.5 Å². The van der Waals surface area contributed by atoms with Crippen molar-refractivity contribution in [2.24, 2.45) is 0 Å². The van der Waals surface area contributed by atoms with E-state index in [1.165, 1.54) is 0 Å². The molecule has 12 heavy (non-hydrogen) atoms. The molecule has 0 saturated heterocycles. The molecule has 0 atom stereocenters. The van der Waals surface area contributed by atoms with Crippen molar-refractivity contribution in [1.29, 1.82) is 0 Å². The molecule has 0 aliphatic rings. The van der Waals surface area contributed by atoms with E-state index in [0.717, 1.165) is 5.56 Å². The number of phenolic OH excluding ortho intramolecular Hbond substituents is 1. The summed E-state index contributed by atoms with van der Waals surface area (Å²) in [6, 6.07) is 5.16. The van der Waals surface area contributed by atoms with E-state index in [4.69, 9.17) is 16.3 Å². The highest BCUT2D eigenvalue weighted by atomic mass is 35.5. The Labute approximate surface area is 76.7 Å². The minimum atomic E-state index is 0.148. The maximum atomic E-state index is 9.37. The molecule has 0 saturated carbocycles. The highest BCUT2D eigenvalue weighted by molar-refractivity contribution is 6.17. The third-order valence-electron chi connectivity index (χ3n) is 1.48. The van der Waals surface area contributed by atoms with Crippen LogP contribution in [0.2, 0.25) is 0 Å². The Morgan fingerprint density at radius 2 is 2.25 bits per heavy atom. The Bertz CT molecular complexity index is 261. The van der Waals surface area contributed by atoms with Crippen molar-refractivity contribution in [3.8, 4) is 11.5 Å². The van der Waals surface area contributed by atoms with E-state index in [1.54, 1.807) is 12.1 Å². The number of aromatic hydroxyl groups is 1. The summed E-state index contributed by atoms with van der Waals surface area (Å²) < 4.78 is 5.14. The number of alkyl halides is 1. The Kier molecular flexibility index (Phi) is 3.23. The van der Waals surface area contributed by atoms with E-state index >= 15 is 0 Å². The van der Waals surface area contributed by atoms with Crippen LogP contribution in [0, 0.1) is 0 Å². The van der Waals surface area contributed by atoms with Crippen molar-refractivity contribution in [3.63, 3.8) is 0 Å². The van der Waals surface area contributed by atoms with Gasteiger partial charge < -0.3 is 9.84 Å². The smallest absolute Gasteiger partial charge is 0.160 e. The second kappa shape index (κ2) is 4.21. The van der Waals surface area contributed by atoms with Gasteiger partial charge in [0.1, 0.15) is 0 Å². The molecule has 0 aromatic heterocycles. The van der Waals surface area contributed by atoms with Gasteiger partial charge in [-0.2, -0.15) is 0 Å². The van der Waals surface area contributed by atoms with Gasteiger partial charge in [-0.15, -0.1) is 11.6 Å². The van der Waals surface area contributed by atoms with E-state index in [1.807, 2.05) is 13.0 Å². The summed E-state index contributed by atoms with van der Waals surface area (Å²) in [5.74, 6) is 1.06. The monoisotopic (exact) mass is 186 g/mol. The maximum Gasteiger partial charge on any atom is 0.160 e. The summed E-state index contributed by atoms with van der Waals surface area (Å²) in [6.07, 6.45) is 0. The average Bonchev–Trinajstić information content (AvgIpc) is 2.09. The molecule has 2 nitrogen and oxygen atoms in total. The number of rotatable bonds is 3. The molecule has 0 aliphatic carbocycles. The Hall–Kier alpha value is -0.890. The molecule has 1 rings (SSSR count). The van der Waals surface area contributed by atoms with Gasteiger partial charge >= 0.3 is 0 Å². The SMILES string of the molecule is CCOc1ccc(CCl)cc1O. The van der Waals surface area contributed by atoms with Crippen LogP contribution < -0.4 is 4.74 Å². The van der Waals surface area contributed by atoms with Gasteiger partial charge in [-0.05, 0) is 24.6 Å². The van der Waals surface area contributed by atoms with Crippen LogP contribution in [0.25, 0.3) is 0 Å². The largest absolute Gasteiger partial charge is 0.504 e. The van der Waals surface area contributed by atoms with Gasteiger partial charge in [-0.25, -0.2) is 0 Å². The molecule has 66 valence electrons. The lowest BCUT2D eigenvalue weighted by atomic mass is 10.2. The van der Waals surface area contributed by atoms with E-state index in [-0.39, 0.29) is 5.75 Å². The van der Waals surface area contributed by atoms with Crippen molar-refractivity contribution in [2.45, 2.75) is 12.8 Å². The fourth-order valence-corrected chi connectivity index (χ4v) is 1.09. The third-order valence-corrected chi connectivity index (χ3v) is 1.79. The zero-order chi connectivity index (χ0) is 8.97. The quantitative estimate of drug-likeness (QED) is 0.736. The Balaban J connectivity index is 2.87. The molecule has 0 bridgehead atoms. The maximum absolute atomic E-state index is 9.37. The van der Waals surface area contributed by atoms with Crippen molar-refractivity contribution < 1.29 is 9.84 Å². The topological polar surface area (TPSA) is 29.5 Å². The minimum Gasteiger partial charge on any atom is -0.504 e. The summed E-state index contributed by atoms with van der Waals surface area (Å²) in [7, 11) is 0. The minimum absolute atomic E-state index is 0.148. The number of hydrogen-bond donors (Lipinski definition) is 1. The number of phenols is 1. The molecular weight excluding hydrogens is 176 g/mol. The first-order valence-corrected chi connectivity index (χ1v) is 4.32. The van der Waals surface area contributed by atoms with Crippen molar-refractivity contribution in [2.75, 3.05) is 6.61 Å². The lowest BCUT2D eigenvalue weighted by molar-refractivity contribution is 0.318. The zero-order valence-electron chi connectivity index (χ0n) is 6.88. The Morgan fingerprint density at radius 3 is 2.75 bits per heavy atom. The number of ether oxygens (including phenoxy) is 1. The predicted molar refractivity (Wildman–Crippen MR) is 48.8 cm³/mol. The zero-order valence-corrected chi connectivity index (χ0v) is 7.64. The van der Waals surface area contributed by atoms with E-state index in [0.29, 0.717) is 18.2 Å². The number of halogens is 1. The van der Waals surface area contributed by atoms with Gasteiger partial charge in [0, 0.05) is 5.88 Å². The van der Waals surface area contributed by atoms with Gasteiger partial charge in [0.25, 0.3) is 0 Å². The van der Waals surface area contributed by atoms with Crippen LogP contribution in [-0.2, 0) is 5.88 Å². The highest BCUT2D eigenvalue weighted by Gasteiger charge is 2.01. The van der Waals surface area contributed by atoms with Gasteiger partial charge in [0.15, 0.2) is 11.5 Å². The average molecular weight is 187 g/mol. The molecule has 3 heteroatoms. The lowest BCUT2D eigenvalue weighted by Gasteiger charge is -2.05. The third kappa shape index (κ3) is 2.05. The van der Waals surface area contributed by atoms with Crippen LogP contribution in [-0.4, -0.2) is 11.7 Å². The molecule has 0 aliphatic heterocycles. The molecule has 1 N–H and O–H groups in total. The van der Waals surface area contributed by atoms with Gasteiger partial charge in [-0.1, -0.05) is 6.07 Å². The summed E-state index contributed by atoms with van der Waals surface area (Å²) >= 11 is 5.58. The van der Waals surface area contributed by atoms with Crippen LogP contribution in [0.4, 0.5) is 0 Å². The fraction of sp³-hybridized carbons (Fsp3) is 0.333. The fourth-order valence-electron chi connectivity index (χ4n) is 0.924. The summed E-state index contributed by atoms with van der Waals surface area (Å²) in [5, 5.41) is 9.37. The van der Waals surface area contributed by atoms with Crippen molar-refractivity contribution >= 4 is 11.6 Å². The van der Waals surface area contributed by atoms with Gasteiger partial charge in [0.2, 0.25) is 0 Å². The van der Waals surface area contributed by atoms with Gasteiger partial charge in [-0.3, -0.25) is 0 Å².